The number of amides is 1. The molecule has 0 aliphatic heterocycles. The van der Waals surface area contributed by atoms with Gasteiger partial charge in [-0.1, -0.05) is 18.2 Å². The largest absolute Gasteiger partial charge is 0.490 e. The molecule has 1 N–H and O–H groups in total. The lowest BCUT2D eigenvalue weighted by Crippen LogP contribution is -2.30. The molecule has 0 saturated heterocycles. The number of rotatable bonds is 9. The lowest BCUT2D eigenvalue weighted by Gasteiger charge is -2.13. The van der Waals surface area contributed by atoms with E-state index in [0.717, 1.165) is 6.07 Å². The minimum atomic E-state index is -4.55. The number of carbonyl (C=O) groups excluding carboxylic acids is 2. The van der Waals surface area contributed by atoms with Crippen molar-refractivity contribution < 1.29 is 37.0 Å². The Hall–Kier alpha value is -3.23. The molecule has 0 radical (unpaired) electrons. The van der Waals surface area contributed by atoms with Crippen molar-refractivity contribution in [3.05, 3.63) is 59.2 Å². The zero-order chi connectivity index (χ0) is 22.1. The summed E-state index contributed by atoms with van der Waals surface area (Å²) in [6, 6.07) is 9.37. The van der Waals surface area contributed by atoms with E-state index in [1.807, 2.05) is 6.92 Å². The van der Waals surface area contributed by atoms with Crippen LogP contribution in [0.15, 0.2) is 42.5 Å². The average Bonchev–Trinajstić information content (AvgIpc) is 2.71. The number of hydrogen-bond acceptors (Lipinski definition) is 5. The predicted molar refractivity (Wildman–Crippen MR) is 102 cm³/mol. The molecule has 9 heteroatoms. The molecular weight excluding hydrogens is 403 g/mol. The van der Waals surface area contributed by atoms with Crippen molar-refractivity contribution in [1.82, 2.24) is 5.32 Å². The van der Waals surface area contributed by atoms with Crippen LogP contribution in [0.4, 0.5) is 13.2 Å². The van der Waals surface area contributed by atoms with Crippen LogP contribution >= 0.6 is 0 Å². The van der Waals surface area contributed by atoms with Gasteiger partial charge in [0.15, 0.2) is 11.5 Å². The number of alkyl halides is 3. The highest BCUT2D eigenvalue weighted by molar-refractivity contribution is 5.96. The molecular formula is C21H22F3NO5. The van der Waals surface area contributed by atoms with Crippen LogP contribution in [0.3, 0.4) is 0 Å². The molecule has 0 aliphatic carbocycles. The van der Waals surface area contributed by atoms with Gasteiger partial charge < -0.3 is 19.5 Å². The number of hydrogen-bond donors (Lipinski definition) is 1. The van der Waals surface area contributed by atoms with Gasteiger partial charge in [-0.05, 0) is 38.1 Å². The predicted octanol–water partition coefficient (Wildman–Crippen LogP) is 3.98. The summed E-state index contributed by atoms with van der Waals surface area (Å²) >= 11 is 0. The van der Waals surface area contributed by atoms with E-state index in [1.54, 1.807) is 13.0 Å². The molecule has 2 rings (SSSR count). The molecule has 1 amide bonds. The van der Waals surface area contributed by atoms with Gasteiger partial charge in [-0.15, -0.1) is 0 Å². The highest BCUT2D eigenvalue weighted by atomic mass is 19.4. The van der Waals surface area contributed by atoms with Crippen LogP contribution in [0.1, 0.15) is 35.3 Å². The summed E-state index contributed by atoms with van der Waals surface area (Å²) < 4.78 is 54.6. The summed E-state index contributed by atoms with van der Waals surface area (Å²) in [5.74, 6) is -0.556. The first-order chi connectivity index (χ1) is 14.3. The fourth-order valence-corrected chi connectivity index (χ4v) is 2.58. The van der Waals surface area contributed by atoms with Crippen LogP contribution in [0, 0.1) is 0 Å². The fourth-order valence-electron chi connectivity index (χ4n) is 2.58. The summed E-state index contributed by atoms with van der Waals surface area (Å²) in [6.07, 6.45) is -4.55. The van der Waals surface area contributed by atoms with E-state index in [9.17, 15) is 22.8 Å². The zero-order valence-corrected chi connectivity index (χ0v) is 16.5. The van der Waals surface area contributed by atoms with E-state index in [1.165, 1.54) is 30.3 Å². The number of carbonyl (C=O) groups is 2. The molecule has 0 aromatic heterocycles. The van der Waals surface area contributed by atoms with Crippen LogP contribution in [-0.4, -0.2) is 31.6 Å². The number of ether oxygens (including phenoxy) is 3. The molecule has 0 spiro atoms. The maximum atomic E-state index is 13.0. The Balaban J connectivity index is 1.94. The Bertz CT molecular complexity index is 883. The van der Waals surface area contributed by atoms with E-state index in [2.05, 4.69) is 5.32 Å². The first-order valence-electron chi connectivity index (χ1n) is 9.24. The topological polar surface area (TPSA) is 73.9 Å². The van der Waals surface area contributed by atoms with Crippen molar-refractivity contribution in [2.75, 3.05) is 19.8 Å². The number of nitrogens with one attached hydrogen (secondary N) is 1. The molecule has 0 heterocycles. The van der Waals surface area contributed by atoms with Gasteiger partial charge in [-0.3, -0.25) is 9.59 Å². The van der Waals surface area contributed by atoms with Crippen LogP contribution in [0.5, 0.6) is 11.5 Å². The van der Waals surface area contributed by atoms with Crippen molar-refractivity contribution in [2.24, 2.45) is 0 Å². The molecule has 2 aromatic carbocycles. The van der Waals surface area contributed by atoms with Gasteiger partial charge >= 0.3 is 12.1 Å². The molecule has 0 saturated carbocycles. The lowest BCUT2D eigenvalue weighted by atomic mass is 10.1. The molecule has 6 nitrogen and oxygen atoms in total. The van der Waals surface area contributed by atoms with E-state index >= 15 is 0 Å². The highest BCUT2D eigenvalue weighted by Gasteiger charge is 2.33. The quantitative estimate of drug-likeness (QED) is 0.616. The molecule has 0 fully saturated rings. The van der Waals surface area contributed by atoms with E-state index in [0.29, 0.717) is 24.7 Å². The maximum Gasteiger partial charge on any atom is 0.416 e. The highest BCUT2D eigenvalue weighted by Crippen LogP contribution is 2.32. The molecule has 30 heavy (non-hydrogen) atoms. The number of halogens is 3. The normalized spacial score (nSPS) is 11.0. The minimum absolute atomic E-state index is 0.169. The average molecular weight is 425 g/mol. The van der Waals surface area contributed by atoms with Gasteiger partial charge in [0.2, 0.25) is 0 Å². The summed E-state index contributed by atoms with van der Waals surface area (Å²) in [4.78, 5) is 24.1. The molecule has 0 unspecified atom stereocenters. The van der Waals surface area contributed by atoms with Crippen LogP contribution in [-0.2, 0) is 22.3 Å². The third-order valence-corrected chi connectivity index (χ3v) is 3.91. The third kappa shape index (κ3) is 6.40. The van der Waals surface area contributed by atoms with Gasteiger partial charge in [0, 0.05) is 11.1 Å². The summed E-state index contributed by atoms with van der Waals surface area (Å²) in [5, 5.41) is 2.37. The van der Waals surface area contributed by atoms with Crippen molar-refractivity contribution >= 4 is 11.9 Å². The van der Waals surface area contributed by atoms with E-state index in [4.69, 9.17) is 14.2 Å². The Kier molecular flexibility index (Phi) is 8.08. The SMILES string of the molecule is CCOc1ccc(C(=O)NCC(=O)OCc2ccccc2C(F)(F)F)cc1OCC. The summed E-state index contributed by atoms with van der Waals surface area (Å²) in [5.41, 5.74) is -0.811. The Morgan fingerprint density at radius 3 is 2.30 bits per heavy atom. The van der Waals surface area contributed by atoms with Crippen molar-refractivity contribution in [3.8, 4) is 11.5 Å². The Morgan fingerprint density at radius 1 is 0.967 bits per heavy atom. The second-order valence-electron chi connectivity index (χ2n) is 6.03. The van der Waals surface area contributed by atoms with Crippen molar-refractivity contribution in [2.45, 2.75) is 26.6 Å². The number of benzene rings is 2. The number of esters is 1. The van der Waals surface area contributed by atoms with Crippen LogP contribution in [0.2, 0.25) is 0 Å². The minimum Gasteiger partial charge on any atom is -0.490 e. The standard InChI is InChI=1S/C21H22F3NO5/c1-3-28-17-10-9-14(11-18(17)29-4-2)20(27)25-12-19(26)30-13-15-7-5-6-8-16(15)21(22,23)24/h5-11H,3-4,12-13H2,1-2H3,(H,25,27). The second-order valence-corrected chi connectivity index (χ2v) is 6.03. The van der Waals surface area contributed by atoms with Crippen molar-refractivity contribution in [1.29, 1.82) is 0 Å². The first-order valence-corrected chi connectivity index (χ1v) is 9.24. The smallest absolute Gasteiger partial charge is 0.416 e. The monoisotopic (exact) mass is 425 g/mol. The molecule has 2 aromatic rings. The summed E-state index contributed by atoms with van der Waals surface area (Å²) in [7, 11) is 0. The van der Waals surface area contributed by atoms with Crippen molar-refractivity contribution in [3.63, 3.8) is 0 Å². The lowest BCUT2D eigenvalue weighted by molar-refractivity contribution is -0.146. The van der Waals surface area contributed by atoms with Crippen LogP contribution < -0.4 is 14.8 Å². The van der Waals surface area contributed by atoms with Gasteiger partial charge in [-0.2, -0.15) is 13.2 Å². The zero-order valence-electron chi connectivity index (χ0n) is 16.5. The fraction of sp³-hybridized carbons (Fsp3) is 0.333. The molecule has 0 bridgehead atoms. The van der Waals surface area contributed by atoms with E-state index < -0.39 is 36.8 Å². The summed E-state index contributed by atoms with van der Waals surface area (Å²) in [6.45, 7) is 3.35. The van der Waals surface area contributed by atoms with E-state index in [-0.39, 0.29) is 11.1 Å². The van der Waals surface area contributed by atoms with Gasteiger partial charge in [-0.25, -0.2) is 0 Å². The third-order valence-electron chi connectivity index (χ3n) is 3.91. The molecule has 0 aliphatic rings. The van der Waals surface area contributed by atoms with Gasteiger partial charge in [0.05, 0.1) is 18.8 Å². The van der Waals surface area contributed by atoms with Gasteiger partial charge in [0.25, 0.3) is 5.91 Å². The maximum absolute atomic E-state index is 13.0. The Labute approximate surface area is 171 Å². The molecule has 162 valence electrons. The molecule has 0 atom stereocenters. The van der Waals surface area contributed by atoms with Crippen LogP contribution in [0.25, 0.3) is 0 Å². The first kappa shape index (κ1) is 23.1. The van der Waals surface area contributed by atoms with Gasteiger partial charge in [0.1, 0.15) is 13.2 Å². The second kappa shape index (κ2) is 10.5. The Morgan fingerprint density at radius 2 is 1.63 bits per heavy atom.